The van der Waals surface area contributed by atoms with E-state index in [2.05, 4.69) is 50.7 Å². The molecule has 0 bridgehead atoms. The topological polar surface area (TPSA) is 49.6 Å². The van der Waals surface area contributed by atoms with Crippen molar-refractivity contribution in [3.63, 3.8) is 0 Å². The number of rotatable bonds is 5. The van der Waals surface area contributed by atoms with Crippen LogP contribution in [0.4, 0.5) is 0 Å². The lowest BCUT2D eigenvalue weighted by Gasteiger charge is -2.12. The summed E-state index contributed by atoms with van der Waals surface area (Å²) in [5, 5.41) is 7.59. The predicted molar refractivity (Wildman–Crippen MR) is 77.3 cm³/mol. The number of nitrogens with zero attached hydrogens (tertiary/aromatic N) is 2. The third-order valence-electron chi connectivity index (χ3n) is 2.70. The highest BCUT2D eigenvalue weighted by molar-refractivity contribution is 5.84. The van der Waals surface area contributed by atoms with Crippen LogP contribution in [0, 0.1) is 11.3 Å². The Kier molecular flexibility index (Phi) is 5.20. The van der Waals surface area contributed by atoms with E-state index in [4.69, 9.17) is 5.41 Å². The van der Waals surface area contributed by atoms with Crippen LogP contribution in [-0.2, 0) is 6.42 Å². The molecule has 0 radical (unpaired) electrons. The molecule has 1 aromatic heterocycles. The van der Waals surface area contributed by atoms with Crippen molar-refractivity contribution in [1.29, 1.82) is 5.41 Å². The van der Waals surface area contributed by atoms with E-state index in [-0.39, 0.29) is 0 Å². The average molecular weight is 245 g/mol. The van der Waals surface area contributed by atoms with Crippen molar-refractivity contribution >= 4 is 12.3 Å². The van der Waals surface area contributed by atoms with Gasteiger partial charge in [0.1, 0.15) is 5.82 Å². The largest absolute Gasteiger partial charge is 0.308 e. The van der Waals surface area contributed by atoms with Crippen LogP contribution in [-0.4, -0.2) is 16.2 Å². The van der Waals surface area contributed by atoms with Crippen LogP contribution < -0.4 is 0 Å². The van der Waals surface area contributed by atoms with Gasteiger partial charge in [-0.25, -0.2) is 9.97 Å². The normalized spacial score (nSPS) is 11.7. The predicted octanol–water partition coefficient (Wildman–Crippen LogP) is 3.83. The molecular weight excluding hydrogens is 222 g/mol. The number of hydrogen-bond donors (Lipinski definition) is 1. The van der Waals surface area contributed by atoms with Crippen molar-refractivity contribution in [1.82, 2.24) is 9.97 Å². The smallest absolute Gasteiger partial charge is 0.129 e. The Morgan fingerprint density at radius 1 is 1.17 bits per heavy atom. The zero-order valence-electron chi connectivity index (χ0n) is 12.0. The van der Waals surface area contributed by atoms with E-state index in [0.717, 1.165) is 29.2 Å². The van der Waals surface area contributed by atoms with Crippen LogP contribution in [0.5, 0.6) is 0 Å². The van der Waals surface area contributed by atoms with Gasteiger partial charge >= 0.3 is 0 Å². The molecule has 1 aromatic rings. The maximum Gasteiger partial charge on any atom is 0.129 e. The Morgan fingerprint density at radius 2 is 1.83 bits per heavy atom. The Morgan fingerprint density at radius 3 is 2.28 bits per heavy atom. The van der Waals surface area contributed by atoms with Crippen molar-refractivity contribution in [2.75, 3.05) is 0 Å². The molecule has 3 nitrogen and oxygen atoms in total. The van der Waals surface area contributed by atoms with Gasteiger partial charge in [0, 0.05) is 18.2 Å². The summed E-state index contributed by atoms with van der Waals surface area (Å²) in [5.74, 6) is 1.64. The Bertz CT molecular complexity index is 445. The minimum Gasteiger partial charge on any atom is -0.308 e. The van der Waals surface area contributed by atoms with Gasteiger partial charge in [-0.05, 0) is 17.9 Å². The first kappa shape index (κ1) is 14.6. The second kappa shape index (κ2) is 6.43. The quantitative estimate of drug-likeness (QED) is 0.801. The zero-order chi connectivity index (χ0) is 13.7. The third-order valence-corrected chi connectivity index (χ3v) is 2.70. The van der Waals surface area contributed by atoms with Gasteiger partial charge in [0.15, 0.2) is 0 Å². The fourth-order valence-corrected chi connectivity index (χ4v) is 1.71. The van der Waals surface area contributed by atoms with Gasteiger partial charge in [0.05, 0.1) is 11.4 Å². The molecule has 0 saturated carbocycles. The van der Waals surface area contributed by atoms with Crippen LogP contribution in [0.1, 0.15) is 63.3 Å². The maximum atomic E-state index is 7.59. The molecule has 0 unspecified atom stereocenters. The Hall–Kier alpha value is -1.51. The Labute approximate surface area is 110 Å². The first-order chi connectivity index (χ1) is 8.49. The fourth-order valence-electron chi connectivity index (χ4n) is 1.71. The summed E-state index contributed by atoms with van der Waals surface area (Å²) in [6, 6.07) is 0. The second-order valence-electron chi connectivity index (χ2n) is 5.08. The summed E-state index contributed by atoms with van der Waals surface area (Å²) in [4.78, 5) is 9.08. The van der Waals surface area contributed by atoms with Crippen LogP contribution >= 0.6 is 0 Å². The molecule has 1 N–H and O–H groups in total. The molecule has 0 spiro atoms. The molecule has 0 aliphatic rings. The molecule has 0 atom stereocenters. The molecular formula is C15H23N3. The van der Waals surface area contributed by atoms with Crippen LogP contribution in [0.15, 0.2) is 6.08 Å². The molecule has 0 aliphatic carbocycles. The van der Waals surface area contributed by atoms with Gasteiger partial charge in [-0.1, -0.05) is 40.7 Å². The summed E-state index contributed by atoms with van der Waals surface area (Å²) in [7, 11) is 0. The van der Waals surface area contributed by atoms with E-state index in [1.165, 1.54) is 6.21 Å². The highest BCUT2D eigenvalue weighted by Crippen LogP contribution is 2.20. The molecule has 1 rings (SSSR count). The van der Waals surface area contributed by atoms with Gasteiger partial charge in [0.25, 0.3) is 0 Å². The highest BCUT2D eigenvalue weighted by atomic mass is 14.9. The lowest BCUT2D eigenvalue weighted by molar-refractivity contribution is 0.781. The summed E-state index contributed by atoms with van der Waals surface area (Å²) in [5.41, 5.74) is 2.69. The molecule has 0 aromatic carbocycles. The van der Waals surface area contributed by atoms with Crippen molar-refractivity contribution < 1.29 is 0 Å². The van der Waals surface area contributed by atoms with E-state index >= 15 is 0 Å². The molecule has 18 heavy (non-hydrogen) atoms. The average Bonchev–Trinajstić information content (AvgIpc) is 2.34. The van der Waals surface area contributed by atoms with Crippen LogP contribution in [0.3, 0.4) is 0 Å². The lowest BCUT2D eigenvalue weighted by Crippen LogP contribution is -2.08. The van der Waals surface area contributed by atoms with Crippen LogP contribution in [0.2, 0.25) is 0 Å². The van der Waals surface area contributed by atoms with E-state index in [1.54, 1.807) is 0 Å². The molecule has 3 heteroatoms. The maximum absolute atomic E-state index is 7.59. The van der Waals surface area contributed by atoms with Crippen molar-refractivity contribution in [3.8, 4) is 0 Å². The molecule has 0 aliphatic heterocycles. The number of hydrogen-bond acceptors (Lipinski definition) is 3. The lowest BCUT2D eigenvalue weighted by atomic mass is 10.0. The first-order valence-electron chi connectivity index (χ1n) is 6.59. The van der Waals surface area contributed by atoms with Crippen molar-refractivity contribution in [3.05, 3.63) is 28.9 Å². The van der Waals surface area contributed by atoms with Gasteiger partial charge in [-0.2, -0.15) is 0 Å². The van der Waals surface area contributed by atoms with Gasteiger partial charge < -0.3 is 5.41 Å². The Balaban J connectivity index is 3.37. The number of aryl methyl sites for hydroxylation is 1. The summed E-state index contributed by atoms with van der Waals surface area (Å²) in [6.45, 7) is 10.5. The molecule has 0 fully saturated rings. The summed E-state index contributed by atoms with van der Waals surface area (Å²) in [6.07, 6.45) is 6.31. The van der Waals surface area contributed by atoms with E-state index in [0.29, 0.717) is 11.8 Å². The number of aromatic nitrogens is 2. The summed E-state index contributed by atoms with van der Waals surface area (Å²) >= 11 is 0. The highest BCUT2D eigenvalue weighted by Gasteiger charge is 2.13. The van der Waals surface area contributed by atoms with E-state index in [9.17, 15) is 0 Å². The monoisotopic (exact) mass is 245 g/mol. The molecule has 0 saturated heterocycles. The zero-order valence-corrected chi connectivity index (χ0v) is 12.0. The first-order valence-corrected chi connectivity index (χ1v) is 6.59. The molecule has 98 valence electrons. The SMILES string of the molecule is CCc1nc(/C=C\C(C)C)c(C=N)c(C(C)C)n1. The van der Waals surface area contributed by atoms with E-state index < -0.39 is 0 Å². The fraction of sp³-hybridized carbons (Fsp3) is 0.533. The standard InChI is InChI=1S/C15H23N3/c1-6-14-17-13(8-7-10(2)3)12(9-16)15(18-14)11(4)5/h7-11,16H,6H2,1-5H3/b8-7-,16-9?. The molecule has 0 amide bonds. The second-order valence-corrected chi connectivity index (χ2v) is 5.08. The number of allylic oxidation sites excluding steroid dienone is 1. The van der Waals surface area contributed by atoms with Crippen LogP contribution in [0.25, 0.3) is 6.08 Å². The molecule has 1 heterocycles. The minimum atomic E-state index is 0.307. The van der Waals surface area contributed by atoms with Crippen molar-refractivity contribution in [2.45, 2.75) is 47.0 Å². The third kappa shape index (κ3) is 3.49. The van der Waals surface area contributed by atoms with Gasteiger partial charge in [0.2, 0.25) is 0 Å². The van der Waals surface area contributed by atoms with Gasteiger partial charge in [-0.15, -0.1) is 0 Å². The minimum absolute atomic E-state index is 0.307. The van der Waals surface area contributed by atoms with E-state index in [1.807, 2.05) is 6.08 Å². The van der Waals surface area contributed by atoms with Crippen molar-refractivity contribution in [2.24, 2.45) is 5.92 Å². The summed E-state index contributed by atoms with van der Waals surface area (Å²) < 4.78 is 0. The number of nitrogens with one attached hydrogen (secondary N) is 1. The van der Waals surface area contributed by atoms with Gasteiger partial charge in [-0.3, -0.25) is 0 Å².